The molecule has 1 fully saturated rings. The first-order valence-corrected chi connectivity index (χ1v) is 10.9. The highest BCUT2D eigenvalue weighted by Gasteiger charge is 2.14. The molecule has 0 unspecified atom stereocenters. The van der Waals surface area contributed by atoms with E-state index < -0.39 is 10.0 Å². The monoisotopic (exact) mass is 398 g/mol. The number of piperazine rings is 1. The standard InChI is InChI=1S/C18H30N4O4S/c1-2-26-16-4-6-17(7-5-16)27(24,25)21-10-8-18(23)20-9-3-13-22-14-11-19-12-15-22/h4-7,19,21H,2-3,8-15H2,1H3,(H,20,23). The fraction of sp³-hybridized carbons (Fsp3) is 0.611. The van der Waals surface area contributed by atoms with Crippen LogP contribution in [0.3, 0.4) is 0 Å². The predicted octanol–water partition coefficient (Wildman–Crippen LogP) is 0.165. The molecule has 1 amide bonds. The molecule has 27 heavy (non-hydrogen) atoms. The van der Waals surface area contributed by atoms with Gasteiger partial charge >= 0.3 is 0 Å². The van der Waals surface area contributed by atoms with Crippen molar-refractivity contribution >= 4 is 15.9 Å². The van der Waals surface area contributed by atoms with Crippen LogP contribution in [0.2, 0.25) is 0 Å². The Morgan fingerprint density at radius 2 is 1.89 bits per heavy atom. The van der Waals surface area contributed by atoms with E-state index >= 15 is 0 Å². The molecule has 8 nitrogen and oxygen atoms in total. The lowest BCUT2D eigenvalue weighted by Gasteiger charge is -2.27. The van der Waals surface area contributed by atoms with Gasteiger partial charge in [-0.1, -0.05) is 0 Å². The Balaban J connectivity index is 1.62. The molecule has 1 saturated heterocycles. The number of hydrogen-bond donors (Lipinski definition) is 3. The second-order valence-electron chi connectivity index (χ2n) is 6.35. The molecular weight excluding hydrogens is 368 g/mol. The number of hydrogen-bond acceptors (Lipinski definition) is 6. The van der Waals surface area contributed by atoms with Crippen LogP contribution in [0.25, 0.3) is 0 Å². The highest BCUT2D eigenvalue weighted by molar-refractivity contribution is 7.89. The normalized spacial score (nSPS) is 15.4. The third-order valence-corrected chi connectivity index (χ3v) is 5.75. The summed E-state index contributed by atoms with van der Waals surface area (Å²) in [7, 11) is -3.63. The zero-order chi connectivity index (χ0) is 19.5. The van der Waals surface area contributed by atoms with E-state index in [0.29, 0.717) is 18.9 Å². The highest BCUT2D eigenvalue weighted by atomic mass is 32.2. The molecule has 1 heterocycles. The van der Waals surface area contributed by atoms with Crippen LogP contribution in [0.15, 0.2) is 29.2 Å². The van der Waals surface area contributed by atoms with Gasteiger partial charge in [-0.3, -0.25) is 4.79 Å². The first-order chi connectivity index (χ1) is 13.0. The van der Waals surface area contributed by atoms with Gasteiger partial charge in [0.25, 0.3) is 0 Å². The topological polar surface area (TPSA) is 99.8 Å². The van der Waals surface area contributed by atoms with Crippen LogP contribution in [-0.4, -0.2) is 71.6 Å². The Morgan fingerprint density at radius 1 is 1.19 bits per heavy atom. The van der Waals surface area contributed by atoms with Crippen LogP contribution in [0.1, 0.15) is 19.8 Å². The minimum absolute atomic E-state index is 0.0686. The molecule has 2 rings (SSSR count). The van der Waals surface area contributed by atoms with E-state index in [0.717, 1.165) is 39.1 Å². The predicted molar refractivity (Wildman–Crippen MR) is 104 cm³/mol. The number of rotatable bonds is 11. The van der Waals surface area contributed by atoms with Gasteiger partial charge in [-0.2, -0.15) is 0 Å². The Labute approximate surface area is 161 Å². The molecule has 0 aliphatic carbocycles. The van der Waals surface area contributed by atoms with Crippen molar-refractivity contribution in [3.8, 4) is 5.75 Å². The van der Waals surface area contributed by atoms with Gasteiger partial charge in [0.2, 0.25) is 15.9 Å². The van der Waals surface area contributed by atoms with Gasteiger partial charge in [-0.05, 0) is 44.2 Å². The number of nitrogens with one attached hydrogen (secondary N) is 3. The Morgan fingerprint density at radius 3 is 2.56 bits per heavy atom. The van der Waals surface area contributed by atoms with Crippen LogP contribution in [0, 0.1) is 0 Å². The molecule has 1 aliphatic heterocycles. The lowest BCUT2D eigenvalue weighted by atomic mass is 10.3. The number of carbonyl (C=O) groups excluding carboxylic acids is 1. The average Bonchev–Trinajstić information content (AvgIpc) is 2.67. The first-order valence-electron chi connectivity index (χ1n) is 9.43. The van der Waals surface area contributed by atoms with E-state index in [1.807, 2.05) is 6.92 Å². The largest absolute Gasteiger partial charge is 0.494 e. The summed E-state index contributed by atoms with van der Waals surface area (Å²) in [5.74, 6) is 0.473. The third kappa shape index (κ3) is 7.84. The number of nitrogens with zero attached hydrogens (tertiary/aromatic N) is 1. The van der Waals surface area contributed by atoms with E-state index in [1.54, 1.807) is 12.1 Å². The molecular formula is C18H30N4O4S. The van der Waals surface area contributed by atoms with Crippen LogP contribution in [0.5, 0.6) is 5.75 Å². The lowest BCUT2D eigenvalue weighted by molar-refractivity contribution is -0.120. The number of ether oxygens (including phenoxy) is 1. The Bertz CT molecular complexity index is 673. The summed E-state index contributed by atoms with van der Waals surface area (Å²) in [4.78, 5) is 14.4. The van der Waals surface area contributed by atoms with Gasteiger partial charge < -0.3 is 20.3 Å². The van der Waals surface area contributed by atoms with Crippen molar-refractivity contribution in [2.75, 3.05) is 52.4 Å². The maximum atomic E-state index is 12.2. The number of amides is 1. The van der Waals surface area contributed by atoms with Crippen molar-refractivity contribution < 1.29 is 17.9 Å². The molecule has 0 radical (unpaired) electrons. The SMILES string of the molecule is CCOc1ccc(S(=O)(=O)NCCC(=O)NCCCN2CCNCC2)cc1. The van der Waals surface area contributed by atoms with Crippen LogP contribution in [0.4, 0.5) is 0 Å². The molecule has 152 valence electrons. The van der Waals surface area contributed by atoms with Crippen molar-refractivity contribution in [1.82, 2.24) is 20.3 Å². The van der Waals surface area contributed by atoms with Crippen molar-refractivity contribution in [2.24, 2.45) is 0 Å². The van der Waals surface area contributed by atoms with E-state index in [4.69, 9.17) is 4.74 Å². The van der Waals surface area contributed by atoms with Crippen molar-refractivity contribution in [1.29, 1.82) is 0 Å². The Kier molecular flexibility index (Phi) is 8.99. The maximum Gasteiger partial charge on any atom is 0.240 e. The number of sulfonamides is 1. The zero-order valence-corrected chi connectivity index (χ0v) is 16.7. The molecule has 0 aromatic heterocycles. The number of carbonyl (C=O) groups is 1. The van der Waals surface area contributed by atoms with Crippen LogP contribution >= 0.6 is 0 Å². The minimum Gasteiger partial charge on any atom is -0.494 e. The number of benzene rings is 1. The smallest absolute Gasteiger partial charge is 0.240 e. The quantitative estimate of drug-likeness (QED) is 0.460. The van der Waals surface area contributed by atoms with E-state index in [9.17, 15) is 13.2 Å². The van der Waals surface area contributed by atoms with Crippen molar-refractivity contribution in [3.63, 3.8) is 0 Å². The summed E-state index contributed by atoms with van der Waals surface area (Å²) in [5, 5.41) is 6.14. The van der Waals surface area contributed by atoms with E-state index in [1.165, 1.54) is 12.1 Å². The second-order valence-corrected chi connectivity index (χ2v) is 8.11. The molecule has 0 saturated carbocycles. The van der Waals surface area contributed by atoms with Gasteiger partial charge in [0.05, 0.1) is 11.5 Å². The van der Waals surface area contributed by atoms with Crippen molar-refractivity contribution in [3.05, 3.63) is 24.3 Å². The van der Waals surface area contributed by atoms with Gasteiger partial charge in [0, 0.05) is 45.7 Å². The van der Waals surface area contributed by atoms with Gasteiger partial charge in [-0.15, -0.1) is 0 Å². The molecule has 3 N–H and O–H groups in total. The van der Waals surface area contributed by atoms with Crippen molar-refractivity contribution in [2.45, 2.75) is 24.7 Å². The molecule has 1 aromatic rings. The maximum absolute atomic E-state index is 12.2. The molecule has 0 atom stereocenters. The highest BCUT2D eigenvalue weighted by Crippen LogP contribution is 2.15. The fourth-order valence-electron chi connectivity index (χ4n) is 2.82. The van der Waals surface area contributed by atoms with Crippen LogP contribution in [-0.2, 0) is 14.8 Å². The first kappa shape index (κ1) is 21.6. The summed E-state index contributed by atoms with van der Waals surface area (Å²) in [5.41, 5.74) is 0. The summed E-state index contributed by atoms with van der Waals surface area (Å²) in [6, 6.07) is 6.21. The summed E-state index contributed by atoms with van der Waals surface area (Å²) < 4.78 is 32.2. The second kappa shape index (κ2) is 11.2. The lowest BCUT2D eigenvalue weighted by Crippen LogP contribution is -2.44. The minimum atomic E-state index is -3.63. The summed E-state index contributed by atoms with van der Waals surface area (Å²) >= 11 is 0. The summed E-state index contributed by atoms with van der Waals surface area (Å²) in [6.07, 6.45) is 1.01. The molecule has 0 spiro atoms. The Hall–Kier alpha value is -1.68. The van der Waals surface area contributed by atoms with Crippen LogP contribution < -0.4 is 20.1 Å². The van der Waals surface area contributed by atoms with Gasteiger partial charge in [-0.25, -0.2) is 13.1 Å². The molecule has 1 aromatic carbocycles. The third-order valence-electron chi connectivity index (χ3n) is 4.27. The fourth-order valence-corrected chi connectivity index (χ4v) is 3.85. The average molecular weight is 399 g/mol. The van der Waals surface area contributed by atoms with Gasteiger partial charge in [0.15, 0.2) is 0 Å². The van der Waals surface area contributed by atoms with Gasteiger partial charge in [0.1, 0.15) is 5.75 Å². The molecule has 0 bridgehead atoms. The van der Waals surface area contributed by atoms with E-state index in [-0.39, 0.29) is 23.8 Å². The molecule has 9 heteroatoms. The van der Waals surface area contributed by atoms with E-state index in [2.05, 4.69) is 20.3 Å². The molecule has 1 aliphatic rings. The summed E-state index contributed by atoms with van der Waals surface area (Å²) in [6.45, 7) is 8.14. The zero-order valence-electron chi connectivity index (χ0n) is 15.9.